The fourth-order valence-electron chi connectivity index (χ4n) is 2.22. The number of aliphatic hydroxyl groups excluding tert-OH is 1. The Balaban J connectivity index is 3.75. The Labute approximate surface area is 200 Å². The van der Waals surface area contributed by atoms with Crippen LogP contribution in [0.5, 0.6) is 0 Å². The van der Waals surface area contributed by atoms with Crippen molar-refractivity contribution in [3.05, 3.63) is 0 Å². The van der Waals surface area contributed by atoms with Gasteiger partial charge in [-0.3, -0.25) is 13.8 Å². The highest BCUT2D eigenvalue weighted by molar-refractivity contribution is 8.07. The van der Waals surface area contributed by atoms with E-state index in [0.717, 1.165) is 12.8 Å². The van der Waals surface area contributed by atoms with Gasteiger partial charge in [0.05, 0.1) is 53.4 Å². The number of hydrogen-bond acceptors (Lipinski definition) is 12. The van der Waals surface area contributed by atoms with Gasteiger partial charge in [-0.2, -0.15) is 0 Å². The fourth-order valence-corrected chi connectivity index (χ4v) is 4.10. The number of phosphoric ester groups is 1. The molecular formula is C17H37NO12P2S. The zero-order valence-corrected chi connectivity index (χ0v) is 21.9. The molecule has 0 rings (SSSR count). The number of hydrogen-bond donors (Lipinski definition) is 3. The van der Waals surface area contributed by atoms with Gasteiger partial charge in [-0.1, -0.05) is 6.42 Å². The summed E-state index contributed by atoms with van der Waals surface area (Å²) >= 11 is 5.00. The van der Waals surface area contributed by atoms with Crippen LogP contribution < -0.4 is 5.32 Å². The molecule has 0 fully saturated rings. The quantitative estimate of drug-likeness (QED) is 0.0740. The summed E-state index contributed by atoms with van der Waals surface area (Å²) in [5.74, 6) is -0.403. The predicted molar refractivity (Wildman–Crippen MR) is 122 cm³/mol. The first-order valence-electron chi connectivity index (χ1n) is 10.3. The number of ether oxygens (including phenoxy) is 2. The normalized spacial score (nSPS) is 16.2. The molecule has 33 heavy (non-hydrogen) atoms. The summed E-state index contributed by atoms with van der Waals surface area (Å²) in [7, 11) is -1.59. The van der Waals surface area contributed by atoms with Crippen LogP contribution in [-0.4, -0.2) is 89.5 Å². The van der Waals surface area contributed by atoms with Crippen LogP contribution in [-0.2, 0) is 58.3 Å². The summed E-state index contributed by atoms with van der Waals surface area (Å²) in [5, 5.41) is 12.0. The van der Waals surface area contributed by atoms with E-state index in [0.29, 0.717) is 13.0 Å². The van der Waals surface area contributed by atoms with Crippen molar-refractivity contribution in [2.24, 2.45) is 5.92 Å². The highest BCUT2D eigenvalue weighted by Crippen LogP contribution is 2.48. The smallest absolute Gasteiger partial charge is 0.396 e. The zero-order valence-electron chi connectivity index (χ0n) is 19.3. The van der Waals surface area contributed by atoms with Gasteiger partial charge in [0, 0.05) is 33.1 Å². The molecule has 0 saturated heterocycles. The van der Waals surface area contributed by atoms with E-state index in [-0.39, 0.29) is 64.7 Å². The van der Waals surface area contributed by atoms with Gasteiger partial charge in [0.25, 0.3) is 0 Å². The Morgan fingerprint density at radius 1 is 1.00 bits per heavy atom. The number of aliphatic hydroxyl groups is 1. The van der Waals surface area contributed by atoms with Crippen LogP contribution in [0.3, 0.4) is 0 Å². The summed E-state index contributed by atoms with van der Waals surface area (Å²) in [5.41, 5.74) is 0. The summed E-state index contributed by atoms with van der Waals surface area (Å²) in [6, 6.07) is 0. The minimum atomic E-state index is -4.25. The summed E-state index contributed by atoms with van der Waals surface area (Å²) in [6.07, 6.45) is 2.06. The monoisotopic (exact) mass is 541 g/mol. The number of unbranched alkanes of at least 4 members (excludes halogenated alkanes) is 1. The van der Waals surface area contributed by atoms with Crippen LogP contribution in [0.15, 0.2) is 0 Å². The van der Waals surface area contributed by atoms with Gasteiger partial charge in [-0.15, -0.1) is 4.67 Å². The molecule has 3 atom stereocenters. The van der Waals surface area contributed by atoms with Crippen LogP contribution in [0.25, 0.3) is 0 Å². The van der Waals surface area contributed by atoms with E-state index in [1.807, 2.05) is 0 Å². The van der Waals surface area contributed by atoms with Gasteiger partial charge in [0.1, 0.15) is 0 Å². The lowest BCUT2D eigenvalue weighted by atomic mass is 10.0. The third-order valence-corrected chi connectivity index (χ3v) is 7.07. The Bertz CT molecular complexity index is 600. The molecule has 13 nitrogen and oxygen atoms in total. The second-order valence-corrected chi connectivity index (χ2v) is 11.0. The molecule has 0 heterocycles. The van der Waals surface area contributed by atoms with E-state index in [2.05, 4.69) is 10.2 Å². The highest BCUT2D eigenvalue weighted by Gasteiger charge is 2.23. The molecular weight excluding hydrogens is 504 g/mol. The van der Waals surface area contributed by atoms with Crippen molar-refractivity contribution in [2.45, 2.75) is 26.2 Å². The molecule has 0 spiro atoms. The average molecular weight is 541 g/mol. The largest absolute Gasteiger partial charge is 0.472 e. The molecule has 0 aromatic heterocycles. The predicted octanol–water partition coefficient (Wildman–Crippen LogP) is 1.53. The molecule has 0 aliphatic rings. The van der Waals surface area contributed by atoms with Gasteiger partial charge < -0.3 is 33.8 Å². The van der Waals surface area contributed by atoms with E-state index in [1.54, 1.807) is 0 Å². The Morgan fingerprint density at radius 3 is 2.15 bits per heavy atom. The zero-order chi connectivity index (χ0) is 25.0. The van der Waals surface area contributed by atoms with Crippen molar-refractivity contribution in [3.63, 3.8) is 0 Å². The minimum absolute atomic E-state index is 0.0620. The molecule has 0 aliphatic carbocycles. The SMILES string of the molecule is COOP(=S)(OC)OCCOCCOCCOP(=O)(O)OCC(CO)CCCCNC(C)=O. The van der Waals surface area contributed by atoms with Gasteiger partial charge in [0.15, 0.2) is 0 Å². The summed E-state index contributed by atoms with van der Waals surface area (Å²) in [4.78, 5) is 25.0. The molecule has 0 aromatic carbocycles. The molecule has 0 radical (unpaired) electrons. The molecule has 3 unspecified atom stereocenters. The first-order chi connectivity index (χ1) is 15.7. The summed E-state index contributed by atoms with van der Waals surface area (Å²) in [6.45, 7) is -0.456. The van der Waals surface area contributed by atoms with Gasteiger partial charge in [-0.05, 0) is 24.6 Å². The standard InChI is InChI=1S/C17H37NO12P2S/c1-16(20)18-7-5-4-6-17(14-19)15-29-31(21,22)27-12-10-25-8-9-26-11-13-28-32(33,24-3)30-23-2/h17,19H,4-15H2,1-3H3,(H,18,20)(H,21,22). The Morgan fingerprint density at radius 2 is 1.61 bits per heavy atom. The van der Waals surface area contributed by atoms with Crippen LogP contribution in [0.1, 0.15) is 26.2 Å². The molecule has 16 heteroatoms. The van der Waals surface area contributed by atoms with Crippen LogP contribution in [0.4, 0.5) is 0 Å². The fraction of sp³-hybridized carbons (Fsp3) is 0.941. The molecule has 3 N–H and O–H groups in total. The van der Waals surface area contributed by atoms with Crippen LogP contribution >= 0.6 is 14.5 Å². The van der Waals surface area contributed by atoms with Crippen molar-refractivity contribution < 1.29 is 56.5 Å². The van der Waals surface area contributed by atoms with Gasteiger partial charge >= 0.3 is 14.5 Å². The molecule has 0 aromatic rings. The topological polar surface area (TPSA) is 160 Å². The molecule has 0 bridgehead atoms. The lowest BCUT2D eigenvalue weighted by Crippen LogP contribution is -2.21. The number of nitrogens with one attached hydrogen (secondary N) is 1. The van der Waals surface area contributed by atoms with Crippen molar-refractivity contribution in [1.29, 1.82) is 0 Å². The maximum Gasteiger partial charge on any atom is 0.472 e. The van der Waals surface area contributed by atoms with Crippen molar-refractivity contribution in [1.82, 2.24) is 5.32 Å². The van der Waals surface area contributed by atoms with E-state index in [9.17, 15) is 19.4 Å². The molecule has 0 saturated carbocycles. The first-order valence-corrected chi connectivity index (χ1v) is 14.4. The number of rotatable bonds is 23. The third-order valence-electron chi connectivity index (χ3n) is 3.87. The lowest BCUT2D eigenvalue weighted by molar-refractivity contribution is -0.190. The van der Waals surface area contributed by atoms with Crippen molar-refractivity contribution >= 4 is 32.3 Å². The van der Waals surface area contributed by atoms with Crippen LogP contribution in [0.2, 0.25) is 0 Å². The molecule has 1 amide bonds. The maximum absolute atomic E-state index is 11.9. The van der Waals surface area contributed by atoms with E-state index in [1.165, 1.54) is 21.1 Å². The minimum Gasteiger partial charge on any atom is -0.396 e. The van der Waals surface area contributed by atoms with Gasteiger partial charge in [0.2, 0.25) is 5.91 Å². The number of amides is 1. The van der Waals surface area contributed by atoms with Crippen molar-refractivity contribution in [3.8, 4) is 0 Å². The maximum atomic E-state index is 11.9. The second kappa shape index (κ2) is 20.2. The Hall–Kier alpha value is -0.0500. The Kier molecular flexibility index (Phi) is 20.1. The van der Waals surface area contributed by atoms with E-state index < -0.39 is 14.5 Å². The molecule has 0 aliphatic heterocycles. The van der Waals surface area contributed by atoms with E-state index in [4.69, 9.17) is 44.1 Å². The van der Waals surface area contributed by atoms with Crippen molar-refractivity contribution in [2.75, 3.05) is 73.6 Å². The number of carbonyl (C=O) groups excluding carboxylic acids is 1. The van der Waals surface area contributed by atoms with E-state index >= 15 is 0 Å². The second-order valence-electron chi connectivity index (χ2n) is 6.55. The average Bonchev–Trinajstić information content (AvgIpc) is 2.76. The van der Waals surface area contributed by atoms with Gasteiger partial charge in [-0.25, -0.2) is 9.45 Å². The third kappa shape index (κ3) is 19.9. The molecule has 198 valence electrons. The first kappa shape index (κ1) is 33.0. The number of phosphoric acid groups is 1. The number of carbonyl (C=O) groups is 1. The van der Waals surface area contributed by atoms with Crippen LogP contribution in [0, 0.1) is 5.92 Å². The lowest BCUT2D eigenvalue weighted by Gasteiger charge is -2.17. The highest BCUT2D eigenvalue weighted by atomic mass is 32.5. The summed E-state index contributed by atoms with van der Waals surface area (Å²) < 4.78 is 47.2.